The summed E-state index contributed by atoms with van der Waals surface area (Å²) >= 11 is 0. The van der Waals surface area contributed by atoms with Gasteiger partial charge in [-0.05, 0) is 37.0 Å². The highest BCUT2D eigenvalue weighted by Gasteiger charge is 2.38. The van der Waals surface area contributed by atoms with E-state index in [1.165, 1.54) is 12.0 Å². The van der Waals surface area contributed by atoms with Crippen LogP contribution in [0.2, 0.25) is 0 Å². The van der Waals surface area contributed by atoms with Crippen molar-refractivity contribution in [1.29, 1.82) is 0 Å². The molecule has 2 fully saturated rings. The second-order valence-corrected chi connectivity index (χ2v) is 7.81. The average molecular weight is 375 g/mol. The van der Waals surface area contributed by atoms with E-state index in [1.54, 1.807) is 4.52 Å². The van der Waals surface area contributed by atoms with Crippen molar-refractivity contribution in [1.82, 2.24) is 19.4 Å². The SMILES string of the molecule is O=C(Nc1cc2ccccn2n1)N1CCC2CCC(C1)N2Cc1ccccc1. The van der Waals surface area contributed by atoms with Crippen LogP contribution in [-0.4, -0.2) is 50.6 Å². The van der Waals surface area contributed by atoms with Gasteiger partial charge in [0.15, 0.2) is 5.82 Å². The molecular weight excluding hydrogens is 350 g/mol. The number of nitrogens with zero attached hydrogens (tertiary/aromatic N) is 4. The number of fused-ring (bicyclic) bond motifs is 3. The molecule has 2 aromatic heterocycles. The van der Waals surface area contributed by atoms with Crippen molar-refractivity contribution in [2.24, 2.45) is 0 Å². The number of carbonyl (C=O) groups is 1. The summed E-state index contributed by atoms with van der Waals surface area (Å²) in [6, 6.07) is 19.4. The lowest BCUT2D eigenvalue weighted by atomic mass is 10.1. The third kappa shape index (κ3) is 3.36. The van der Waals surface area contributed by atoms with Gasteiger partial charge < -0.3 is 4.90 Å². The summed E-state index contributed by atoms with van der Waals surface area (Å²) in [5.41, 5.74) is 2.32. The molecule has 2 aliphatic heterocycles. The summed E-state index contributed by atoms with van der Waals surface area (Å²) in [6.45, 7) is 2.55. The van der Waals surface area contributed by atoms with Gasteiger partial charge in [0.2, 0.25) is 0 Å². The first-order chi connectivity index (χ1) is 13.8. The molecule has 2 saturated heterocycles. The van der Waals surface area contributed by atoms with Gasteiger partial charge in [0.1, 0.15) is 0 Å². The number of likely N-dealkylation sites (tertiary alicyclic amines) is 1. The number of urea groups is 1. The minimum Gasteiger partial charge on any atom is -0.323 e. The van der Waals surface area contributed by atoms with Crippen molar-refractivity contribution < 1.29 is 4.79 Å². The van der Waals surface area contributed by atoms with Gasteiger partial charge in [-0.2, -0.15) is 0 Å². The van der Waals surface area contributed by atoms with Crippen molar-refractivity contribution >= 4 is 17.4 Å². The Balaban J connectivity index is 1.27. The first-order valence-corrected chi connectivity index (χ1v) is 10.1. The molecule has 2 unspecified atom stereocenters. The van der Waals surface area contributed by atoms with Crippen LogP contribution in [0.1, 0.15) is 24.8 Å². The minimum absolute atomic E-state index is 0.0457. The van der Waals surface area contributed by atoms with Crippen LogP contribution in [-0.2, 0) is 6.54 Å². The first-order valence-electron chi connectivity index (χ1n) is 10.1. The summed E-state index contributed by atoms with van der Waals surface area (Å²) < 4.78 is 1.78. The van der Waals surface area contributed by atoms with Gasteiger partial charge in [0, 0.05) is 44.0 Å². The largest absolute Gasteiger partial charge is 0.323 e. The second kappa shape index (κ2) is 7.28. The molecule has 0 spiro atoms. The lowest BCUT2D eigenvalue weighted by Gasteiger charge is -2.28. The molecule has 2 bridgehead atoms. The Hall–Kier alpha value is -2.86. The Morgan fingerprint density at radius 3 is 2.71 bits per heavy atom. The number of carbonyl (C=O) groups excluding carboxylic acids is 1. The maximum atomic E-state index is 12.9. The van der Waals surface area contributed by atoms with Crippen LogP contribution in [0.25, 0.3) is 5.52 Å². The maximum absolute atomic E-state index is 12.9. The highest BCUT2D eigenvalue weighted by Crippen LogP contribution is 2.32. The van der Waals surface area contributed by atoms with Crippen LogP contribution in [0.5, 0.6) is 0 Å². The molecule has 2 atom stereocenters. The zero-order chi connectivity index (χ0) is 18.9. The number of hydrogen-bond acceptors (Lipinski definition) is 3. The molecule has 4 heterocycles. The van der Waals surface area contributed by atoms with Gasteiger partial charge in [-0.15, -0.1) is 5.10 Å². The molecule has 2 aliphatic rings. The minimum atomic E-state index is -0.0457. The molecule has 2 amide bonds. The highest BCUT2D eigenvalue weighted by molar-refractivity contribution is 5.89. The maximum Gasteiger partial charge on any atom is 0.323 e. The summed E-state index contributed by atoms with van der Waals surface area (Å²) in [7, 11) is 0. The fraction of sp³-hybridized carbons (Fsp3) is 0.364. The van der Waals surface area contributed by atoms with E-state index >= 15 is 0 Å². The van der Waals surface area contributed by atoms with Crippen molar-refractivity contribution in [2.45, 2.75) is 37.9 Å². The number of nitrogens with one attached hydrogen (secondary N) is 1. The zero-order valence-corrected chi connectivity index (χ0v) is 15.9. The Kier molecular flexibility index (Phi) is 4.49. The number of hydrogen-bond donors (Lipinski definition) is 1. The van der Waals surface area contributed by atoms with E-state index < -0.39 is 0 Å². The molecular formula is C22H25N5O. The Bertz CT molecular complexity index is 936. The van der Waals surface area contributed by atoms with Gasteiger partial charge in [0.05, 0.1) is 5.52 Å². The van der Waals surface area contributed by atoms with E-state index in [4.69, 9.17) is 0 Å². The van der Waals surface area contributed by atoms with Crippen LogP contribution < -0.4 is 5.32 Å². The number of anilines is 1. The summed E-state index contributed by atoms with van der Waals surface area (Å²) in [5.74, 6) is 0.603. The number of pyridine rings is 1. The van der Waals surface area contributed by atoms with Crippen LogP contribution in [0.15, 0.2) is 60.8 Å². The van der Waals surface area contributed by atoms with Crippen LogP contribution >= 0.6 is 0 Å². The van der Waals surface area contributed by atoms with Crippen molar-refractivity contribution in [3.05, 3.63) is 66.4 Å². The topological polar surface area (TPSA) is 52.9 Å². The van der Waals surface area contributed by atoms with E-state index in [9.17, 15) is 4.79 Å². The quantitative estimate of drug-likeness (QED) is 0.761. The van der Waals surface area contributed by atoms with Gasteiger partial charge in [-0.3, -0.25) is 10.2 Å². The molecule has 0 saturated carbocycles. The average Bonchev–Trinajstić information content (AvgIpc) is 3.22. The molecule has 5 rings (SSSR count). The van der Waals surface area contributed by atoms with Gasteiger partial charge >= 0.3 is 6.03 Å². The smallest absolute Gasteiger partial charge is 0.323 e. The lowest BCUT2D eigenvalue weighted by molar-refractivity contribution is 0.178. The predicted molar refractivity (Wildman–Crippen MR) is 109 cm³/mol. The molecule has 1 aromatic carbocycles. The standard InChI is InChI=1S/C22H25N5O/c28-22(23-21-14-19-8-4-5-12-27(19)24-21)25-13-11-18-9-10-20(16-25)26(18)15-17-6-2-1-3-7-17/h1-8,12,14,18,20H,9-11,13,15-16H2,(H,23,24,28). The van der Waals surface area contributed by atoms with E-state index in [0.717, 1.165) is 38.0 Å². The van der Waals surface area contributed by atoms with E-state index in [1.807, 2.05) is 35.4 Å². The molecule has 1 N–H and O–H groups in total. The highest BCUT2D eigenvalue weighted by atomic mass is 16.2. The monoisotopic (exact) mass is 375 g/mol. The Morgan fingerprint density at radius 1 is 1.04 bits per heavy atom. The number of benzene rings is 1. The Labute approximate surface area is 164 Å². The molecule has 0 radical (unpaired) electrons. The van der Waals surface area contributed by atoms with Crippen molar-refractivity contribution in [3.8, 4) is 0 Å². The third-order valence-electron chi connectivity index (χ3n) is 6.03. The molecule has 6 heteroatoms. The van der Waals surface area contributed by atoms with Gasteiger partial charge in [-0.1, -0.05) is 36.4 Å². The zero-order valence-electron chi connectivity index (χ0n) is 15.9. The molecule has 28 heavy (non-hydrogen) atoms. The van der Waals surface area contributed by atoms with E-state index in [2.05, 4.69) is 45.6 Å². The lowest BCUT2D eigenvalue weighted by Crippen LogP contribution is -2.42. The van der Waals surface area contributed by atoms with Gasteiger partial charge in [0.25, 0.3) is 0 Å². The molecule has 6 nitrogen and oxygen atoms in total. The van der Waals surface area contributed by atoms with Crippen LogP contribution in [0.4, 0.5) is 10.6 Å². The normalized spacial score (nSPS) is 22.4. The Morgan fingerprint density at radius 2 is 1.86 bits per heavy atom. The molecule has 3 aromatic rings. The summed E-state index contributed by atoms with van der Waals surface area (Å²) in [5, 5.41) is 7.43. The number of amides is 2. The van der Waals surface area contributed by atoms with Crippen molar-refractivity contribution in [2.75, 3.05) is 18.4 Å². The first kappa shape index (κ1) is 17.3. The molecule has 0 aliphatic carbocycles. The van der Waals surface area contributed by atoms with Crippen molar-refractivity contribution in [3.63, 3.8) is 0 Å². The number of aromatic nitrogens is 2. The second-order valence-electron chi connectivity index (χ2n) is 7.81. The number of rotatable bonds is 3. The third-order valence-corrected chi connectivity index (χ3v) is 6.03. The van der Waals surface area contributed by atoms with Crippen LogP contribution in [0.3, 0.4) is 0 Å². The van der Waals surface area contributed by atoms with E-state index in [0.29, 0.717) is 17.9 Å². The summed E-state index contributed by atoms with van der Waals surface area (Å²) in [4.78, 5) is 17.5. The fourth-order valence-corrected chi connectivity index (χ4v) is 4.60. The summed E-state index contributed by atoms with van der Waals surface area (Å²) in [6.07, 6.45) is 5.31. The van der Waals surface area contributed by atoms with Gasteiger partial charge in [-0.25, -0.2) is 9.31 Å². The molecule has 144 valence electrons. The fourth-order valence-electron chi connectivity index (χ4n) is 4.60. The van der Waals surface area contributed by atoms with E-state index in [-0.39, 0.29) is 6.03 Å². The van der Waals surface area contributed by atoms with Crippen LogP contribution in [0, 0.1) is 0 Å². The predicted octanol–water partition coefficient (Wildman–Crippen LogP) is 3.61.